The first-order valence-corrected chi connectivity index (χ1v) is 6.69. The van der Waals surface area contributed by atoms with Crippen molar-refractivity contribution in [3.05, 3.63) is 35.9 Å². The third-order valence-corrected chi connectivity index (χ3v) is 3.68. The standard InChI is InChI=1S/C15H15N3O/c1-2-18-15-11(7-8-16-15)14(17-18)13-9-10-5-3-4-6-12(10)19-13/h3-6,9,16H,2,7-8H2,1H3. The smallest absolute Gasteiger partial charge is 0.156 e. The summed E-state index contributed by atoms with van der Waals surface area (Å²) in [7, 11) is 0. The highest BCUT2D eigenvalue weighted by Gasteiger charge is 2.24. The monoisotopic (exact) mass is 253 g/mol. The average molecular weight is 253 g/mol. The van der Waals surface area contributed by atoms with Gasteiger partial charge in [0, 0.05) is 24.0 Å². The van der Waals surface area contributed by atoms with E-state index in [1.807, 2.05) is 22.9 Å². The zero-order chi connectivity index (χ0) is 12.8. The predicted octanol–water partition coefficient (Wildman–Crippen LogP) is 3.28. The quantitative estimate of drug-likeness (QED) is 0.762. The van der Waals surface area contributed by atoms with Gasteiger partial charge in [0.15, 0.2) is 5.76 Å². The third-order valence-electron chi connectivity index (χ3n) is 3.68. The molecule has 4 rings (SSSR count). The molecular weight excluding hydrogens is 238 g/mol. The fraction of sp³-hybridized carbons (Fsp3) is 0.267. The minimum absolute atomic E-state index is 0.869. The summed E-state index contributed by atoms with van der Waals surface area (Å²) < 4.78 is 7.95. The van der Waals surface area contributed by atoms with Crippen molar-refractivity contribution in [2.24, 2.45) is 0 Å². The van der Waals surface area contributed by atoms with Crippen LogP contribution in [-0.2, 0) is 13.0 Å². The lowest BCUT2D eigenvalue weighted by atomic mass is 10.1. The van der Waals surface area contributed by atoms with E-state index in [0.29, 0.717) is 0 Å². The van der Waals surface area contributed by atoms with E-state index in [1.165, 1.54) is 5.56 Å². The Kier molecular flexibility index (Phi) is 2.18. The first kappa shape index (κ1) is 10.7. The number of benzene rings is 1. The van der Waals surface area contributed by atoms with Gasteiger partial charge in [0.1, 0.15) is 17.1 Å². The van der Waals surface area contributed by atoms with Crippen molar-refractivity contribution in [3.8, 4) is 11.5 Å². The summed E-state index contributed by atoms with van der Waals surface area (Å²) in [4.78, 5) is 0. The van der Waals surface area contributed by atoms with E-state index in [4.69, 9.17) is 4.42 Å². The Morgan fingerprint density at radius 3 is 3.11 bits per heavy atom. The lowest BCUT2D eigenvalue weighted by Gasteiger charge is -2.00. The molecule has 1 N–H and O–H groups in total. The summed E-state index contributed by atoms with van der Waals surface area (Å²) in [5.41, 5.74) is 3.18. The van der Waals surface area contributed by atoms with E-state index < -0.39 is 0 Å². The van der Waals surface area contributed by atoms with Crippen molar-refractivity contribution in [1.29, 1.82) is 0 Å². The number of furan rings is 1. The van der Waals surface area contributed by atoms with Crippen molar-refractivity contribution in [2.75, 3.05) is 11.9 Å². The van der Waals surface area contributed by atoms with E-state index in [2.05, 4.69) is 29.5 Å². The van der Waals surface area contributed by atoms with Crippen LogP contribution >= 0.6 is 0 Å². The van der Waals surface area contributed by atoms with Crippen molar-refractivity contribution in [3.63, 3.8) is 0 Å². The molecule has 3 heterocycles. The molecule has 0 spiro atoms. The molecule has 0 aliphatic carbocycles. The van der Waals surface area contributed by atoms with E-state index in [1.54, 1.807) is 0 Å². The number of nitrogens with zero attached hydrogens (tertiary/aromatic N) is 2. The van der Waals surface area contributed by atoms with Crippen LogP contribution in [0.15, 0.2) is 34.7 Å². The number of para-hydroxylation sites is 1. The Balaban J connectivity index is 1.92. The number of aromatic nitrogens is 2. The van der Waals surface area contributed by atoms with Crippen LogP contribution in [0.3, 0.4) is 0 Å². The van der Waals surface area contributed by atoms with Crippen molar-refractivity contribution in [2.45, 2.75) is 19.9 Å². The van der Waals surface area contributed by atoms with Crippen LogP contribution in [0.5, 0.6) is 0 Å². The van der Waals surface area contributed by atoms with Crippen molar-refractivity contribution >= 4 is 16.8 Å². The molecule has 1 aliphatic heterocycles. The Morgan fingerprint density at radius 2 is 2.26 bits per heavy atom. The largest absolute Gasteiger partial charge is 0.454 e. The van der Waals surface area contributed by atoms with Crippen LogP contribution in [0.4, 0.5) is 5.82 Å². The second-order valence-electron chi connectivity index (χ2n) is 4.82. The maximum absolute atomic E-state index is 5.93. The maximum atomic E-state index is 5.93. The molecule has 19 heavy (non-hydrogen) atoms. The zero-order valence-electron chi connectivity index (χ0n) is 10.8. The Labute approximate surface area is 111 Å². The van der Waals surface area contributed by atoms with Gasteiger partial charge >= 0.3 is 0 Å². The number of anilines is 1. The molecule has 1 aliphatic rings. The van der Waals surface area contributed by atoms with Crippen molar-refractivity contribution < 1.29 is 4.42 Å². The van der Waals surface area contributed by atoms with E-state index in [-0.39, 0.29) is 0 Å². The van der Waals surface area contributed by atoms with Gasteiger partial charge in [-0.1, -0.05) is 18.2 Å². The molecular formula is C15H15N3O. The average Bonchev–Trinajstić information content (AvgIpc) is 3.12. The number of rotatable bonds is 2. The normalized spacial score (nSPS) is 13.7. The molecule has 1 aromatic carbocycles. The third kappa shape index (κ3) is 1.49. The summed E-state index contributed by atoms with van der Waals surface area (Å²) in [6, 6.07) is 10.2. The highest BCUT2D eigenvalue weighted by Crippen LogP contribution is 2.35. The molecule has 0 saturated carbocycles. The van der Waals surface area contributed by atoms with Gasteiger partial charge in [0.25, 0.3) is 0 Å². The number of hydrogen-bond acceptors (Lipinski definition) is 3. The highest BCUT2D eigenvalue weighted by atomic mass is 16.3. The molecule has 3 aromatic rings. The minimum atomic E-state index is 0.869. The lowest BCUT2D eigenvalue weighted by Crippen LogP contribution is -2.04. The van der Waals surface area contributed by atoms with Gasteiger partial charge in [0.2, 0.25) is 0 Å². The molecule has 0 atom stereocenters. The SMILES string of the molecule is CCn1nc(-c2cc3ccccc3o2)c2c1NCC2. The summed E-state index contributed by atoms with van der Waals surface area (Å²) in [5, 5.41) is 9.21. The molecule has 96 valence electrons. The summed E-state index contributed by atoms with van der Waals surface area (Å²) in [5.74, 6) is 2.02. The fourth-order valence-corrected chi connectivity index (χ4v) is 2.77. The molecule has 0 amide bonds. The topological polar surface area (TPSA) is 43.0 Å². The molecule has 0 radical (unpaired) electrons. The molecule has 0 unspecified atom stereocenters. The van der Waals surface area contributed by atoms with Gasteiger partial charge in [-0.05, 0) is 25.5 Å². The number of hydrogen-bond donors (Lipinski definition) is 1. The molecule has 2 aromatic heterocycles. The fourth-order valence-electron chi connectivity index (χ4n) is 2.77. The number of aryl methyl sites for hydroxylation is 1. The van der Waals surface area contributed by atoms with Crippen LogP contribution in [0.2, 0.25) is 0 Å². The lowest BCUT2D eigenvalue weighted by molar-refractivity contribution is 0.617. The van der Waals surface area contributed by atoms with Gasteiger partial charge in [0.05, 0.1) is 0 Å². The first-order valence-electron chi connectivity index (χ1n) is 6.69. The second-order valence-corrected chi connectivity index (χ2v) is 4.82. The molecule has 0 bridgehead atoms. The predicted molar refractivity (Wildman–Crippen MR) is 75.3 cm³/mol. The maximum Gasteiger partial charge on any atom is 0.156 e. The number of fused-ring (bicyclic) bond motifs is 2. The van der Waals surface area contributed by atoms with Gasteiger partial charge in [-0.3, -0.25) is 0 Å². The van der Waals surface area contributed by atoms with E-state index >= 15 is 0 Å². The minimum Gasteiger partial charge on any atom is -0.454 e. The molecule has 4 heteroatoms. The van der Waals surface area contributed by atoms with Gasteiger partial charge in [-0.15, -0.1) is 0 Å². The van der Waals surface area contributed by atoms with Gasteiger partial charge in [-0.2, -0.15) is 5.10 Å². The summed E-state index contributed by atoms with van der Waals surface area (Å²) in [6.07, 6.45) is 1.02. The van der Waals surface area contributed by atoms with Crippen LogP contribution in [0, 0.1) is 0 Å². The van der Waals surface area contributed by atoms with Gasteiger partial charge in [-0.25, -0.2) is 4.68 Å². The second kappa shape index (κ2) is 3.88. The Morgan fingerprint density at radius 1 is 1.37 bits per heavy atom. The van der Waals surface area contributed by atoms with Crippen LogP contribution in [0.25, 0.3) is 22.4 Å². The Bertz CT molecular complexity index is 721. The van der Waals surface area contributed by atoms with Crippen LogP contribution in [-0.4, -0.2) is 16.3 Å². The summed E-state index contributed by atoms with van der Waals surface area (Å²) >= 11 is 0. The van der Waals surface area contributed by atoms with Crippen molar-refractivity contribution in [1.82, 2.24) is 9.78 Å². The zero-order valence-corrected chi connectivity index (χ0v) is 10.8. The van der Waals surface area contributed by atoms with Gasteiger partial charge < -0.3 is 9.73 Å². The number of nitrogens with one attached hydrogen (secondary N) is 1. The Hall–Kier alpha value is -2.23. The molecule has 4 nitrogen and oxygen atoms in total. The van der Waals surface area contributed by atoms with Crippen LogP contribution in [0.1, 0.15) is 12.5 Å². The summed E-state index contributed by atoms with van der Waals surface area (Å²) in [6.45, 7) is 3.96. The molecule has 0 fully saturated rings. The highest BCUT2D eigenvalue weighted by molar-refractivity contribution is 5.83. The van der Waals surface area contributed by atoms with E-state index in [9.17, 15) is 0 Å². The first-order chi connectivity index (χ1) is 9.36. The van der Waals surface area contributed by atoms with Crippen LogP contribution < -0.4 is 5.32 Å². The molecule has 0 saturated heterocycles. The van der Waals surface area contributed by atoms with E-state index in [0.717, 1.165) is 47.8 Å².